The highest BCUT2D eigenvalue weighted by atomic mass is 16.2. The van der Waals surface area contributed by atoms with Gasteiger partial charge in [0.2, 0.25) is 0 Å². The Bertz CT molecular complexity index is 555. The average Bonchev–Trinajstić information content (AvgIpc) is 2.53. The Hall–Kier alpha value is -2.16. The van der Waals surface area contributed by atoms with E-state index in [9.17, 15) is 9.59 Å². The van der Waals surface area contributed by atoms with Gasteiger partial charge >= 0.3 is 0 Å². The number of para-hydroxylation sites is 1. The van der Waals surface area contributed by atoms with Crippen molar-refractivity contribution in [1.29, 1.82) is 0 Å². The molecule has 0 atom stereocenters. The van der Waals surface area contributed by atoms with E-state index in [4.69, 9.17) is 0 Å². The molecule has 0 aliphatic carbocycles. The van der Waals surface area contributed by atoms with Crippen molar-refractivity contribution in [2.45, 2.75) is 13.8 Å². The molecule has 1 heterocycles. The molecule has 3 heteroatoms. The van der Waals surface area contributed by atoms with Crippen LogP contribution in [0.5, 0.6) is 0 Å². The average molecular weight is 227 g/mol. The van der Waals surface area contributed by atoms with Crippen molar-refractivity contribution in [3.05, 3.63) is 48.1 Å². The van der Waals surface area contributed by atoms with Gasteiger partial charge in [-0.05, 0) is 25.5 Å². The molecule has 0 radical (unpaired) electrons. The van der Waals surface area contributed by atoms with Gasteiger partial charge < -0.3 is 0 Å². The number of allylic oxidation sites excluding steroid dienone is 1. The van der Waals surface area contributed by atoms with Gasteiger partial charge in [-0.15, -0.1) is 0 Å². The number of rotatable bonds is 2. The number of carbonyl (C=O) groups excluding carboxylic acids is 2. The van der Waals surface area contributed by atoms with Gasteiger partial charge in [0.25, 0.3) is 11.8 Å². The third kappa shape index (κ3) is 1.80. The lowest BCUT2D eigenvalue weighted by Gasteiger charge is -2.18. The third-order valence-corrected chi connectivity index (χ3v) is 2.71. The summed E-state index contributed by atoms with van der Waals surface area (Å²) in [5.41, 5.74) is 2.71. The summed E-state index contributed by atoms with van der Waals surface area (Å²) in [5.74, 6) is -0.551. The van der Waals surface area contributed by atoms with E-state index in [-0.39, 0.29) is 11.8 Å². The molecule has 2 amide bonds. The summed E-state index contributed by atoms with van der Waals surface area (Å²) in [4.78, 5) is 24.9. The summed E-state index contributed by atoms with van der Waals surface area (Å²) in [6, 6.07) is 7.27. The normalized spacial score (nSPS) is 15.2. The number of anilines is 1. The van der Waals surface area contributed by atoms with E-state index in [1.165, 1.54) is 11.0 Å². The van der Waals surface area contributed by atoms with E-state index < -0.39 is 0 Å². The van der Waals surface area contributed by atoms with Crippen LogP contribution in [0.4, 0.5) is 5.69 Å². The Morgan fingerprint density at radius 3 is 2.41 bits per heavy atom. The zero-order chi connectivity index (χ0) is 12.6. The van der Waals surface area contributed by atoms with Gasteiger partial charge in [-0.3, -0.25) is 9.59 Å². The molecule has 1 aliphatic heterocycles. The van der Waals surface area contributed by atoms with Crippen LogP contribution in [0.3, 0.4) is 0 Å². The van der Waals surface area contributed by atoms with Crippen LogP contribution < -0.4 is 4.90 Å². The van der Waals surface area contributed by atoms with Gasteiger partial charge in [-0.25, -0.2) is 4.90 Å². The van der Waals surface area contributed by atoms with Crippen LogP contribution in [0.15, 0.2) is 42.5 Å². The highest BCUT2D eigenvalue weighted by Gasteiger charge is 2.31. The second kappa shape index (κ2) is 4.01. The quantitative estimate of drug-likeness (QED) is 0.728. The molecular weight excluding hydrogens is 214 g/mol. The third-order valence-electron chi connectivity index (χ3n) is 2.71. The van der Waals surface area contributed by atoms with Crippen LogP contribution in [0.1, 0.15) is 19.4 Å². The lowest BCUT2D eigenvalue weighted by atomic mass is 10.1. The lowest BCUT2D eigenvalue weighted by molar-refractivity contribution is -0.120. The standard InChI is InChI=1S/C14H13NO2/c1-9(2)11-6-4-5-7-12(11)15-13(16)8-10(3)14(15)17/h4-8H,1H2,2-3H3. The SMILES string of the molecule is C=C(C)c1ccccc1N1C(=O)C=C(C)C1=O. The molecule has 0 saturated carbocycles. The fourth-order valence-electron chi connectivity index (χ4n) is 1.85. The molecule has 1 aromatic carbocycles. The Morgan fingerprint density at radius 2 is 1.88 bits per heavy atom. The van der Waals surface area contributed by atoms with Crippen LogP contribution in [-0.2, 0) is 9.59 Å². The molecule has 0 spiro atoms. The maximum atomic E-state index is 11.9. The van der Waals surface area contributed by atoms with E-state index >= 15 is 0 Å². The monoisotopic (exact) mass is 227 g/mol. The Morgan fingerprint density at radius 1 is 1.24 bits per heavy atom. The molecule has 86 valence electrons. The second-order valence-corrected chi connectivity index (χ2v) is 4.10. The number of hydrogen-bond acceptors (Lipinski definition) is 2. The van der Waals surface area contributed by atoms with E-state index in [1.807, 2.05) is 19.1 Å². The number of benzene rings is 1. The zero-order valence-corrected chi connectivity index (χ0v) is 9.86. The van der Waals surface area contributed by atoms with Gasteiger partial charge in [-0.2, -0.15) is 0 Å². The summed E-state index contributed by atoms with van der Waals surface area (Å²) in [6.45, 7) is 7.35. The van der Waals surface area contributed by atoms with Crippen molar-refractivity contribution in [3.8, 4) is 0 Å². The first-order chi connectivity index (χ1) is 8.02. The minimum absolute atomic E-state index is 0.260. The number of hydrogen-bond donors (Lipinski definition) is 0. The first-order valence-corrected chi connectivity index (χ1v) is 5.34. The molecule has 0 fully saturated rings. The van der Waals surface area contributed by atoms with Crippen LogP contribution in [0, 0.1) is 0 Å². The topological polar surface area (TPSA) is 37.4 Å². The van der Waals surface area contributed by atoms with Crippen molar-refractivity contribution in [2.75, 3.05) is 4.90 Å². The van der Waals surface area contributed by atoms with Gasteiger partial charge in [0.1, 0.15) is 0 Å². The molecule has 1 aliphatic rings. The molecule has 0 aromatic heterocycles. The number of amides is 2. The predicted molar refractivity (Wildman–Crippen MR) is 67.4 cm³/mol. The first-order valence-electron chi connectivity index (χ1n) is 5.34. The summed E-state index contributed by atoms with van der Waals surface area (Å²) in [5, 5.41) is 0. The van der Waals surface area contributed by atoms with Crippen molar-refractivity contribution in [3.63, 3.8) is 0 Å². The minimum atomic E-state index is -0.291. The van der Waals surface area contributed by atoms with E-state index in [1.54, 1.807) is 19.1 Å². The molecule has 0 saturated heterocycles. The van der Waals surface area contributed by atoms with Crippen molar-refractivity contribution in [1.82, 2.24) is 0 Å². The van der Waals surface area contributed by atoms with Gasteiger partial charge in [-0.1, -0.05) is 24.8 Å². The van der Waals surface area contributed by atoms with Gasteiger partial charge in [0.15, 0.2) is 0 Å². The van der Waals surface area contributed by atoms with Crippen LogP contribution in [-0.4, -0.2) is 11.8 Å². The Balaban J connectivity index is 2.53. The Labute approximate surface area is 100 Å². The van der Waals surface area contributed by atoms with E-state index in [0.717, 1.165) is 11.1 Å². The number of imide groups is 1. The molecule has 3 nitrogen and oxygen atoms in total. The minimum Gasteiger partial charge on any atom is -0.269 e. The largest absolute Gasteiger partial charge is 0.269 e. The maximum absolute atomic E-state index is 11.9. The molecular formula is C14H13NO2. The van der Waals surface area contributed by atoms with Crippen molar-refractivity contribution < 1.29 is 9.59 Å². The number of carbonyl (C=O) groups is 2. The van der Waals surface area contributed by atoms with Crippen molar-refractivity contribution in [2.24, 2.45) is 0 Å². The first kappa shape index (κ1) is 11.3. The summed E-state index contributed by atoms with van der Waals surface area (Å²) in [6.07, 6.45) is 1.36. The summed E-state index contributed by atoms with van der Waals surface area (Å²) < 4.78 is 0. The van der Waals surface area contributed by atoms with E-state index in [2.05, 4.69) is 6.58 Å². The molecule has 17 heavy (non-hydrogen) atoms. The Kier molecular flexibility index (Phi) is 2.68. The zero-order valence-electron chi connectivity index (χ0n) is 9.86. The van der Waals surface area contributed by atoms with Gasteiger partial charge in [0.05, 0.1) is 5.69 Å². The van der Waals surface area contributed by atoms with Crippen molar-refractivity contribution >= 4 is 23.1 Å². The smallest absolute Gasteiger partial charge is 0.261 e. The molecule has 2 rings (SSSR count). The highest BCUT2D eigenvalue weighted by Crippen LogP contribution is 2.29. The summed E-state index contributed by atoms with van der Waals surface area (Å²) >= 11 is 0. The molecule has 0 bridgehead atoms. The summed E-state index contributed by atoms with van der Waals surface area (Å²) in [7, 11) is 0. The highest BCUT2D eigenvalue weighted by molar-refractivity contribution is 6.30. The van der Waals surface area contributed by atoms with Crippen LogP contribution >= 0.6 is 0 Å². The van der Waals surface area contributed by atoms with E-state index in [0.29, 0.717) is 11.3 Å². The molecule has 0 N–H and O–H groups in total. The van der Waals surface area contributed by atoms with Crippen LogP contribution in [0.2, 0.25) is 0 Å². The second-order valence-electron chi connectivity index (χ2n) is 4.10. The lowest BCUT2D eigenvalue weighted by Crippen LogP contribution is -2.31. The van der Waals surface area contributed by atoms with Crippen LogP contribution in [0.25, 0.3) is 5.57 Å². The molecule has 0 unspecified atom stereocenters. The molecule has 1 aromatic rings. The van der Waals surface area contributed by atoms with Gasteiger partial charge in [0, 0.05) is 17.2 Å². The fourth-order valence-corrected chi connectivity index (χ4v) is 1.85. The fraction of sp³-hybridized carbons (Fsp3) is 0.143. The predicted octanol–water partition coefficient (Wildman–Crippen LogP) is 2.54. The maximum Gasteiger partial charge on any atom is 0.261 e. The number of nitrogens with zero attached hydrogens (tertiary/aromatic N) is 1.